The van der Waals surface area contributed by atoms with Crippen molar-refractivity contribution < 1.29 is 9.84 Å². The molecule has 0 radical (unpaired) electrons. The molecule has 2 N–H and O–H groups in total. The second kappa shape index (κ2) is 5.03. The zero-order valence-electron chi connectivity index (χ0n) is 8.83. The number of rotatable bonds is 4. The molecule has 0 aromatic heterocycles. The molecular formula is C12H17NO2. The van der Waals surface area contributed by atoms with Crippen LogP contribution in [0, 0.1) is 0 Å². The molecule has 3 nitrogen and oxygen atoms in total. The van der Waals surface area contributed by atoms with Crippen molar-refractivity contribution in [3.63, 3.8) is 0 Å². The number of aryl methyl sites for hydroxylation is 1. The van der Waals surface area contributed by atoms with Gasteiger partial charge in [0.2, 0.25) is 0 Å². The molecule has 1 aliphatic heterocycles. The van der Waals surface area contributed by atoms with Crippen LogP contribution in [0.2, 0.25) is 0 Å². The monoisotopic (exact) mass is 207 g/mol. The second-order valence-electron chi connectivity index (χ2n) is 3.78. The van der Waals surface area contributed by atoms with E-state index in [4.69, 9.17) is 9.84 Å². The Kier molecular flexibility index (Phi) is 3.45. The minimum Gasteiger partial charge on any atom is -0.493 e. The Bertz CT molecular complexity index is 325. The molecule has 0 saturated heterocycles. The van der Waals surface area contributed by atoms with E-state index in [1.807, 2.05) is 12.1 Å². The quantitative estimate of drug-likeness (QED) is 0.740. The van der Waals surface area contributed by atoms with Crippen molar-refractivity contribution in [2.24, 2.45) is 0 Å². The maximum absolute atomic E-state index is 8.68. The van der Waals surface area contributed by atoms with Crippen LogP contribution in [0.1, 0.15) is 18.4 Å². The molecule has 0 aliphatic carbocycles. The van der Waals surface area contributed by atoms with Crippen molar-refractivity contribution in [1.29, 1.82) is 0 Å². The zero-order valence-corrected chi connectivity index (χ0v) is 8.83. The lowest BCUT2D eigenvalue weighted by Crippen LogP contribution is -2.09. The van der Waals surface area contributed by atoms with E-state index in [0.29, 0.717) is 0 Å². The summed E-state index contributed by atoms with van der Waals surface area (Å²) in [6, 6.07) is 6.20. The van der Waals surface area contributed by atoms with Crippen LogP contribution in [0.5, 0.6) is 5.75 Å². The van der Waals surface area contributed by atoms with Crippen molar-refractivity contribution in [1.82, 2.24) is 0 Å². The molecule has 1 aliphatic rings. The van der Waals surface area contributed by atoms with E-state index in [9.17, 15) is 0 Å². The normalized spacial score (nSPS) is 14.2. The number of aliphatic hydroxyl groups excluding tert-OH is 1. The number of hydrogen-bond acceptors (Lipinski definition) is 3. The molecule has 0 amide bonds. The summed E-state index contributed by atoms with van der Waals surface area (Å²) in [5.41, 5.74) is 2.41. The number of benzene rings is 1. The average Bonchev–Trinajstić information content (AvgIpc) is 2.29. The molecule has 0 atom stereocenters. The van der Waals surface area contributed by atoms with Gasteiger partial charge >= 0.3 is 0 Å². The highest BCUT2D eigenvalue weighted by Crippen LogP contribution is 2.27. The lowest BCUT2D eigenvalue weighted by molar-refractivity contribution is 0.288. The van der Waals surface area contributed by atoms with Crippen LogP contribution < -0.4 is 10.1 Å². The first kappa shape index (κ1) is 10.3. The summed E-state index contributed by atoms with van der Waals surface area (Å²) in [6.45, 7) is 1.89. The Morgan fingerprint density at radius 1 is 1.40 bits per heavy atom. The van der Waals surface area contributed by atoms with Crippen LogP contribution in [0.4, 0.5) is 5.69 Å². The van der Waals surface area contributed by atoms with Crippen LogP contribution in [0.15, 0.2) is 18.2 Å². The minimum absolute atomic E-state index is 0.237. The molecule has 0 saturated carbocycles. The van der Waals surface area contributed by atoms with Gasteiger partial charge in [0.05, 0.1) is 6.61 Å². The van der Waals surface area contributed by atoms with Gasteiger partial charge < -0.3 is 15.2 Å². The van der Waals surface area contributed by atoms with Crippen LogP contribution in [-0.4, -0.2) is 24.9 Å². The highest BCUT2D eigenvalue weighted by molar-refractivity contribution is 5.51. The van der Waals surface area contributed by atoms with Gasteiger partial charge in [0.1, 0.15) is 5.75 Å². The van der Waals surface area contributed by atoms with E-state index in [2.05, 4.69) is 11.4 Å². The van der Waals surface area contributed by atoms with E-state index < -0.39 is 0 Å². The number of hydrogen-bond donors (Lipinski definition) is 2. The first-order valence-electron chi connectivity index (χ1n) is 5.50. The molecule has 1 aromatic rings. The van der Waals surface area contributed by atoms with E-state index in [-0.39, 0.29) is 6.61 Å². The highest BCUT2D eigenvalue weighted by atomic mass is 16.5. The van der Waals surface area contributed by atoms with Crippen LogP contribution in [0.3, 0.4) is 0 Å². The Morgan fingerprint density at radius 3 is 3.20 bits per heavy atom. The summed E-state index contributed by atoms with van der Waals surface area (Å²) < 4.78 is 5.54. The van der Waals surface area contributed by atoms with Gasteiger partial charge in [-0.05, 0) is 43.0 Å². The van der Waals surface area contributed by atoms with E-state index in [0.717, 1.165) is 43.9 Å². The Labute approximate surface area is 90.1 Å². The predicted molar refractivity (Wildman–Crippen MR) is 60.5 cm³/mol. The number of fused-ring (bicyclic) bond motifs is 1. The second-order valence-corrected chi connectivity index (χ2v) is 3.78. The van der Waals surface area contributed by atoms with Crippen LogP contribution >= 0.6 is 0 Å². The molecule has 0 fully saturated rings. The van der Waals surface area contributed by atoms with Gasteiger partial charge in [0.25, 0.3) is 0 Å². The third kappa shape index (κ3) is 2.63. The van der Waals surface area contributed by atoms with Gasteiger partial charge in [-0.1, -0.05) is 0 Å². The molecule has 1 heterocycles. The number of anilines is 1. The fourth-order valence-electron chi connectivity index (χ4n) is 1.78. The molecule has 2 rings (SSSR count). The lowest BCUT2D eigenvalue weighted by Gasteiger charge is -2.18. The van der Waals surface area contributed by atoms with E-state index in [1.54, 1.807) is 0 Å². The average molecular weight is 207 g/mol. The molecule has 3 heteroatoms. The SMILES string of the molecule is OCCCNc1ccc2c(c1)CCCO2. The zero-order chi connectivity index (χ0) is 10.5. The fourth-order valence-corrected chi connectivity index (χ4v) is 1.78. The molecule has 0 bridgehead atoms. The maximum atomic E-state index is 8.68. The lowest BCUT2D eigenvalue weighted by atomic mass is 10.1. The largest absolute Gasteiger partial charge is 0.493 e. The molecule has 1 aromatic carbocycles. The first-order chi connectivity index (χ1) is 7.40. The third-order valence-electron chi connectivity index (χ3n) is 2.57. The Morgan fingerprint density at radius 2 is 2.33 bits per heavy atom. The first-order valence-corrected chi connectivity index (χ1v) is 5.50. The number of ether oxygens (including phenoxy) is 1. The van der Waals surface area contributed by atoms with E-state index >= 15 is 0 Å². The predicted octanol–water partition coefficient (Wildman–Crippen LogP) is 1.81. The number of aliphatic hydroxyl groups is 1. The highest BCUT2D eigenvalue weighted by Gasteiger charge is 2.09. The standard InChI is InChI=1S/C12H17NO2/c14-7-2-6-13-11-4-5-12-10(9-11)3-1-8-15-12/h4-5,9,13-14H,1-3,6-8H2. The molecule has 82 valence electrons. The van der Waals surface area contributed by atoms with Crippen molar-refractivity contribution in [3.05, 3.63) is 23.8 Å². The number of nitrogens with one attached hydrogen (secondary N) is 1. The van der Waals surface area contributed by atoms with Gasteiger partial charge in [0, 0.05) is 18.8 Å². The van der Waals surface area contributed by atoms with E-state index in [1.165, 1.54) is 5.56 Å². The molecule has 15 heavy (non-hydrogen) atoms. The van der Waals surface area contributed by atoms with Crippen molar-refractivity contribution in [2.75, 3.05) is 25.1 Å². The van der Waals surface area contributed by atoms with Gasteiger partial charge in [-0.2, -0.15) is 0 Å². The van der Waals surface area contributed by atoms with Gasteiger partial charge in [-0.15, -0.1) is 0 Å². The van der Waals surface area contributed by atoms with Crippen molar-refractivity contribution in [3.8, 4) is 5.75 Å². The summed E-state index contributed by atoms with van der Waals surface area (Å²) >= 11 is 0. The Hall–Kier alpha value is -1.22. The van der Waals surface area contributed by atoms with Crippen LogP contribution in [0.25, 0.3) is 0 Å². The topological polar surface area (TPSA) is 41.5 Å². The van der Waals surface area contributed by atoms with Gasteiger partial charge in [-0.25, -0.2) is 0 Å². The van der Waals surface area contributed by atoms with Crippen molar-refractivity contribution >= 4 is 5.69 Å². The summed E-state index contributed by atoms with van der Waals surface area (Å²) in [5.74, 6) is 1.02. The molecule has 0 spiro atoms. The Balaban J connectivity index is 2.00. The minimum atomic E-state index is 0.237. The maximum Gasteiger partial charge on any atom is 0.122 e. The molecule has 0 unspecified atom stereocenters. The summed E-state index contributed by atoms with van der Waals surface area (Å²) in [5, 5.41) is 12.0. The molecular weight excluding hydrogens is 190 g/mol. The summed E-state index contributed by atoms with van der Waals surface area (Å²) in [4.78, 5) is 0. The third-order valence-corrected chi connectivity index (χ3v) is 2.57. The van der Waals surface area contributed by atoms with Crippen molar-refractivity contribution in [2.45, 2.75) is 19.3 Å². The summed E-state index contributed by atoms with van der Waals surface area (Å²) in [6.07, 6.45) is 2.99. The van der Waals surface area contributed by atoms with Gasteiger partial charge in [0.15, 0.2) is 0 Å². The smallest absolute Gasteiger partial charge is 0.122 e. The van der Waals surface area contributed by atoms with Gasteiger partial charge in [-0.3, -0.25) is 0 Å². The van der Waals surface area contributed by atoms with Crippen LogP contribution in [-0.2, 0) is 6.42 Å². The fraction of sp³-hybridized carbons (Fsp3) is 0.500. The summed E-state index contributed by atoms with van der Waals surface area (Å²) in [7, 11) is 0.